The van der Waals surface area contributed by atoms with Crippen LogP contribution < -0.4 is 15.4 Å². The number of hydrogen-bond donors (Lipinski definition) is 2. The number of nitrogens with zero attached hydrogens (tertiary/aromatic N) is 2. The number of thiophene rings is 1. The quantitative estimate of drug-likeness (QED) is 0.771. The van der Waals surface area contributed by atoms with Crippen LogP contribution in [0.15, 0.2) is 29.6 Å². The van der Waals surface area contributed by atoms with Gasteiger partial charge in [-0.3, -0.25) is 0 Å². The second-order valence-electron chi connectivity index (χ2n) is 4.26. The number of aromatic nitrogens is 2. The van der Waals surface area contributed by atoms with E-state index in [1.54, 1.807) is 19.2 Å². The van der Waals surface area contributed by atoms with E-state index < -0.39 is 5.82 Å². The van der Waals surface area contributed by atoms with E-state index in [-0.39, 0.29) is 5.75 Å². The van der Waals surface area contributed by atoms with Crippen molar-refractivity contribution < 1.29 is 9.13 Å². The van der Waals surface area contributed by atoms with Crippen molar-refractivity contribution in [3.8, 4) is 5.75 Å². The number of nitrogens with one attached hydrogen (secondary N) is 2. The first kappa shape index (κ1) is 13.6. The highest BCUT2D eigenvalue weighted by Crippen LogP contribution is 2.30. The minimum Gasteiger partial charge on any atom is -0.494 e. The van der Waals surface area contributed by atoms with Gasteiger partial charge in [-0.15, -0.1) is 11.3 Å². The zero-order valence-electron chi connectivity index (χ0n) is 11.5. The predicted molar refractivity (Wildman–Crippen MR) is 83.2 cm³/mol. The summed E-state index contributed by atoms with van der Waals surface area (Å²) in [6, 6.07) is 6.53. The fourth-order valence-corrected chi connectivity index (χ4v) is 2.70. The lowest BCUT2D eigenvalue weighted by Gasteiger charge is -2.10. The Hall–Kier alpha value is -2.41. The van der Waals surface area contributed by atoms with E-state index in [1.165, 1.54) is 24.5 Å². The minimum absolute atomic E-state index is 0.185. The van der Waals surface area contributed by atoms with Gasteiger partial charge in [-0.05, 0) is 23.6 Å². The SMILES string of the molecule is CNc1nc(Nc2ccc(F)c(OC)c2)c2ccsc2n1. The zero-order valence-corrected chi connectivity index (χ0v) is 12.3. The van der Waals surface area contributed by atoms with Gasteiger partial charge < -0.3 is 15.4 Å². The molecule has 3 rings (SSSR count). The van der Waals surface area contributed by atoms with Crippen molar-refractivity contribution >= 4 is 39.0 Å². The average Bonchev–Trinajstić information content (AvgIpc) is 2.97. The molecule has 0 unspecified atom stereocenters. The molecule has 108 valence electrons. The molecule has 0 fully saturated rings. The number of anilines is 3. The second-order valence-corrected chi connectivity index (χ2v) is 5.15. The molecule has 7 heteroatoms. The highest BCUT2D eigenvalue weighted by atomic mass is 32.1. The van der Waals surface area contributed by atoms with Crippen molar-refractivity contribution in [2.24, 2.45) is 0 Å². The summed E-state index contributed by atoms with van der Waals surface area (Å²) >= 11 is 1.54. The van der Waals surface area contributed by atoms with Gasteiger partial charge in [0.05, 0.1) is 12.5 Å². The summed E-state index contributed by atoms with van der Waals surface area (Å²) in [5.41, 5.74) is 0.696. The molecule has 0 aliphatic heterocycles. The number of fused-ring (bicyclic) bond motifs is 1. The molecule has 0 saturated heterocycles. The van der Waals surface area contributed by atoms with Crippen LogP contribution in [0.4, 0.5) is 21.8 Å². The fourth-order valence-electron chi connectivity index (χ4n) is 1.94. The van der Waals surface area contributed by atoms with Crippen LogP contribution in [0.1, 0.15) is 0 Å². The molecule has 0 atom stereocenters. The number of rotatable bonds is 4. The lowest BCUT2D eigenvalue weighted by Crippen LogP contribution is -2.01. The normalized spacial score (nSPS) is 10.6. The Morgan fingerprint density at radius 2 is 2.10 bits per heavy atom. The highest BCUT2D eigenvalue weighted by molar-refractivity contribution is 7.16. The van der Waals surface area contributed by atoms with Crippen molar-refractivity contribution in [3.05, 3.63) is 35.5 Å². The van der Waals surface area contributed by atoms with Gasteiger partial charge in [0, 0.05) is 18.8 Å². The summed E-state index contributed by atoms with van der Waals surface area (Å²) in [6.07, 6.45) is 0. The van der Waals surface area contributed by atoms with E-state index in [2.05, 4.69) is 20.6 Å². The number of methoxy groups -OCH3 is 1. The smallest absolute Gasteiger partial charge is 0.225 e. The molecule has 0 radical (unpaired) electrons. The molecule has 2 N–H and O–H groups in total. The maximum atomic E-state index is 13.4. The summed E-state index contributed by atoms with van der Waals surface area (Å²) in [4.78, 5) is 9.66. The third kappa shape index (κ3) is 2.59. The molecule has 3 aromatic rings. The van der Waals surface area contributed by atoms with E-state index >= 15 is 0 Å². The van der Waals surface area contributed by atoms with Crippen LogP contribution in [0.25, 0.3) is 10.2 Å². The summed E-state index contributed by atoms with van der Waals surface area (Å²) < 4.78 is 18.4. The standard InChI is InChI=1S/C14H13FN4OS/c1-16-14-18-12(9-5-6-21-13(9)19-14)17-8-3-4-10(15)11(7-8)20-2/h3-7H,1-2H3,(H2,16,17,18,19). The fraction of sp³-hybridized carbons (Fsp3) is 0.143. The Balaban J connectivity index is 2.03. The Morgan fingerprint density at radius 1 is 1.24 bits per heavy atom. The first-order valence-electron chi connectivity index (χ1n) is 6.25. The molecule has 1 aromatic carbocycles. The Bertz CT molecular complexity index is 790. The van der Waals surface area contributed by atoms with Gasteiger partial charge in [-0.25, -0.2) is 9.37 Å². The topological polar surface area (TPSA) is 59.1 Å². The molecule has 0 amide bonds. The maximum absolute atomic E-state index is 13.4. The summed E-state index contributed by atoms with van der Waals surface area (Å²) in [5.74, 6) is 0.979. The monoisotopic (exact) mass is 304 g/mol. The molecule has 0 aliphatic rings. The molecular weight excluding hydrogens is 291 g/mol. The lowest BCUT2D eigenvalue weighted by atomic mass is 10.2. The molecule has 2 aromatic heterocycles. The Kier molecular flexibility index (Phi) is 3.57. The number of hydrogen-bond acceptors (Lipinski definition) is 6. The zero-order chi connectivity index (χ0) is 14.8. The molecule has 0 spiro atoms. The summed E-state index contributed by atoms with van der Waals surface area (Å²) in [7, 11) is 3.20. The van der Waals surface area contributed by atoms with E-state index in [0.29, 0.717) is 17.5 Å². The van der Waals surface area contributed by atoms with Crippen LogP contribution >= 0.6 is 11.3 Å². The van der Waals surface area contributed by atoms with Crippen LogP contribution in [-0.4, -0.2) is 24.1 Å². The molecule has 0 saturated carbocycles. The van der Waals surface area contributed by atoms with Crippen LogP contribution in [-0.2, 0) is 0 Å². The summed E-state index contributed by atoms with van der Waals surface area (Å²) in [5, 5.41) is 8.98. The van der Waals surface area contributed by atoms with Crippen LogP contribution in [0.3, 0.4) is 0 Å². The largest absolute Gasteiger partial charge is 0.494 e. The Labute approximate surface area is 124 Å². The third-order valence-electron chi connectivity index (χ3n) is 2.96. The maximum Gasteiger partial charge on any atom is 0.225 e. The molecule has 21 heavy (non-hydrogen) atoms. The molecule has 0 bridgehead atoms. The van der Waals surface area contributed by atoms with E-state index in [0.717, 1.165) is 10.2 Å². The number of halogens is 1. The van der Waals surface area contributed by atoms with E-state index in [9.17, 15) is 4.39 Å². The predicted octanol–water partition coefficient (Wildman–Crippen LogP) is 3.62. The van der Waals surface area contributed by atoms with E-state index in [4.69, 9.17) is 4.74 Å². The Morgan fingerprint density at radius 3 is 2.86 bits per heavy atom. The van der Waals surface area contributed by atoms with Crippen molar-refractivity contribution in [3.63, 3.8) is 0 Å². The first-order valence-corrected chi connectivity index (χ1v) is 7.13. The van der Waals surface area contributed by atoms with Gasteiger partial charge in [-0.1, -0.05) is 0 Å². The van der Waals surface area contributed by atoms with Crippen molar-refractivity contribution in [1.29, 1.82) is 0 Å². The number of ether oxygens (including phenoxy) is 1. The second kappa shape index (κ2) is 5.53. The van der Waals surface area contributed by atoms with Crippen LogP contribution in [0.2, 0.25) is 0 Å². The third-order valence-corrected chi connectivity index (χ3v) is 3.77. The van der Waals surface area contributed by atoms with Crippen LogP contribution in [0.5, 0.6) is 5.75 Å². The van der Waals surface area contributed by atoms with Gasteiger partial charge in [0.2, 0.25) is 5.95 Å². The van der Waals surface area contributed by atoms with Gasteiger partial charge in [-0.2, -0.15) is 4.98 Å². The van der Waals surface area contributed by atoms with Gasteiger partial charge >= 0.3 is 0 Å². The molecular formula is C14H13FN4OS. The molecule has 0 aliphatic carbocycles. The van der Waals surface area contributed by atoms with Crippen molar-refractivity contribution in [2.75, 3.05) is 24.8 Å². The lowest BCUT2D eigenvalue weighted by molar-refractivity contribution is 0.387. The first-order chi connectivity index (χ1) is 10.2. The highest BCUT2D eigenvalue weighted by Gasteiger charge is 2.10. The van der Waals surface area contributed by atoms with Crippen LogP contribution in [0, 0.1) is 5.82 Å². The molecule has 2 heterocycles. The van der Waals surface area contributed by atoms with Gasteiger partial charge in [0.15, 0.2) is 11.6 Å². The van der Waals surface area contributed by atoms with Crippen molar-refractivity contribution in [1.82, 2.24) is 9.97 Å². The average molecular weight is 304 g/mol. The number of benzene rings is 1. The van der Waals surface area contributed by atoms with E-state index in [1.807, 2.05) is 11.4 Å². The van der Waals surface area contributed by atoms with Gasteiger partial charge in [0.25, 0.3) is 0 Å². The minimum atomic E-state index is -0.401. The molecule has 5 nitrogen and oxygen atoms in total. The van der Waals surface area contributed by atoms with Gasteiger partial charge in [0.1, 0.15) is 10.6 Å². The van der Waals surface area contributed by atoms with Crippen molar-refractivity contribution in [2.45, 2.75) is 0 Å². The summed E-state index contributed by atoms with van der Waals surface area (Å²) in [6.45, 7) is 0.